The highest BCUT2D eigenvalue weighted by atomic mass is 16.3. The number of nitrogens with zero attached hydrogens (tertiary/aromatic N) is 2. The molecule has 1 aliphatic rings. The lowest BCUT2D eigenvalue weighted by atomic mass is 9.68. The quantitative estimate of drug-likeness (QED) is 0.731. The fourth-order valence-corrected chi connectivity index (χ4v) is 3.96. The molecule has 1 unspecified atom stereocenters. The molecule has 1 aliphatic carbocycles. The number of rotatable bonds is 6. The van der Waals surface area contributed by atoms with Crippen molar-refractivity contribution in [1.29, 1.82) is 0 Å². The number of hydrogen-bond acceptors (Lipinski definition) is 3. The van der Waals surface area contributed by atoms with Gasteiger partial charge in [-0.25, -0.2) is 4.98 Å². The maximum absolute atomic E-state index is 10.9. The van der Waals surface area contributed by atoms with Crippen LogP contribution in [0.5, 0.6) is 0 Å². The summed E-state index contributed by atoms with van der Waals surface area (Å²) in [6.45, 7) is 2.32. The Bertz CT molecular complexity index is 876. The molecule has 2 aromatic carbocycles. The summed E-state index contributed by atoms with van der Waals surface area (Å²) < 4.78 is 1.99. The highest BCUT2D eigenvalue weighted by Gasteiger charge is 2.31. The second kappa shape index (κ2) is 7.67. The van der Waals surface area contributed by atoms with E-state index in [4.69, 9.17) is 0 Å². The van der Waals surface area contributed by atoms with Crippen molar-refractivity contribution in [2.24, 2.45) is 0 Å². The predicted molar refractivity (Wildman–Crippen MR) is 103 cm³/mol. The normalized spacial score (nSPS) is 20.3. The van der Waals surface area contributed by atoms with Crippen molar-refractivity contribution >= 4 is 0 Å². The first kappa shape index (κ1) is 18.0. The van der Waals surface area contributed by atoms with Gasteiger partial charge in [-0.15, -0.1) is 6.61 Å². The maximum Gasteiger partial charge on any atom is 0.137 e. The van der Waals surface area contributed by atoms with Gasteiger partial charge in [0.25, 0.3) is 0 Å². The van der Waals surface area contributed by atoms with Crippen molar-refractivity contribution < 1.29 is 10.2 Å². The highest BCUT2D eigenvalue weighted by molar-refractivity contribution is 5.32. The van der Waals surface area contributed by atoms with E-state index in [0.717, 1.165) is 12.1 Å². The smallest absolute Gasteiger partial charge is 0.137 e. The summed E-state index contributed by atoms with van der Waals surface area (Å²) in [7, 11) is 0. The molecule has 0 saturated heterocycles. The van der Waals surface area contributed by atoms with Crippen molar-refractivity contribution in [2.45, 2.75) is 50.9 Å². The van der Waals surface area contributed by atoms with Gasteiger partial charge >= 0.3 is 0 Å². The molecule has 0 spiro atoms. The number of hydrogen-bond donors (Lipinski definition) is 1. The minimum Gasteiger partial charge on any atom is -0.851 e. The molecule has 1 heterocycles. The van der Waals surface area contributed by atoms with E-state index < -0.39 is 6.10 Å². The Balaban J connectivity index is 1.36. The van der Waals surface area contributed by atoms with Gasteiger partial charge in [-0.2, -0.15) is 0 Å². The summed E-state index contributed by atoms with van der Waals surface area (Å²) in [6, 6.07) is 17.0. The maximum atomic E-state index is 10.9. The number of aliphatic hydroxyl groups excluding tert-OH is 1. The number of aromatic nitrogens is 2. The van der Waals surface area contributed by atoms with Crippen LogP contribution in [0.25, 0.3) is 0 Å². The van der Waals surface area contributed by atoms with E-state index in [1.165, 1.54) is 29.5 Å². The standard InChI is InChI=1S/C23H25N2O2/c1-16(27)23-24-10-11-25(23)14-17-2-6-19(7-3-17)21-12-22(13-21)20-8-4-18(15-26)5-9-20/h2-11,16,21-22,27H,12-15H2,1H3/q-1. The van der Waals surface area contributed by atoms with E-state index >= 15 is 0 Å². The van der Waals surface area contributed by atoms with Gasteiger partial charge < -0.3 is 14.8 Å². The SMILES string of the molecule is CC(O)c1nccn1Cc1ccc(C2CC(c3ccc(C[O-])cc3)C2)cc1. The molecule has 27 heavy (non-hydrogen) atoms. The van der Waals surface area contributed by atoms with Gasteiger partial charge in [0.1, 0.15) is 11.9 Å². The van der Waals surface area contributed by atoms with Crippen LogP contribution in [0, 0.1) is 0 Å². The first-order valence-electron chi connectivity index (χ1n) is 9.59. The third-order valence-corrected chi connectivity index (χ3v) is 5.68. The Kier molecular flexibility index (Phi) is 5.10. The molecule has 1 N–H and O–H groups in total. The summed E-state index contributed by atoms with van der Waals surface area (Å²) in [5.41, 5.74) is 4.82. The molecular formula is C23H25N2O2-. The predicted octanol–water partition coefficient (Wildman–Crippen LogP) is 3.51. The van der Waals surface area contributed by atoms with Crippen LogP contribution in [0.3, 0.4) is 0 Å². The molecule has 1 aromatic heterocycles. The Hall–Kier alpha value is -2.43. The molecule has 0 radical (unpaired) electrons. The highest BCUT2D eigenvalue weighted by Crippen LogP contribution is 2.47. The van der Waals surface area contributed by atoms with Crippen LogP contribution in [-0.2, 0) is 13.2 Å². The molecule has 0 bridgehead atoms. The third kappa shape index (κ3) is 3.82. The lowest BCUT2D eigenvalue weighted by molar-refractivity contribution is -0.386. The molecule has 4 rings (SSSR count). The van der Waals surface area contributed by atoms with Crippen molar-refractivity contribution in [3.05, 3.63) is 89.0 Å². The van der Waals surface area contributed by atoms with E-state index in [-0.39, 0.29) is 6.61 Å². The fraction of sp³-hybridized carbons (Fsp3) is 0.348. The average Bonchev–Trinajstić information content (AvgIpc) is 3.11. The summed E-state index contributed by atoms with van der Waals surface area (Å²) >= 11 is 0. The van der Waals surface area contributed by atoms with Gasteiger partial charge in [0.2, 0.25) is 0 Å². The van der Waals surface area contributed by atoms with Crippen molar-refractivity contribution in [3.8, 4) is 0 Å². The van der Waals surface area contributed by atoms with Gasteiger partial charge in [-0.05, 0) is 48.3 Å². The van der Waals surface area contributed by atoms with E-state index in [9.17, 15) is 10.2 Å². The lowest BCUT2D eigenvalue weighted by Gasteiger charge is -2.36. The van der Waals surface area contributed by atoms with Crippen LogP contribution in [0.2, 0.25) is 0 Å². The van der Waals surface area contributed by atoms with Crippen molar-refractivity contribution in [3.63, 3.8) is 0 Å². The lowest BCUT2D eigenvalue weighted by Crippen LogP contribution is -2.20. The van der Waals surface area contributed by atoms with Crippen LogP contribution in [0.4, 0.5) is 0 Å². The largest absolute Gasteiger partial charge is 0.851 e. The van der Waals surface area contributed by atoms with E-state index in [0.29, 0.717) is 17.7 Å². The average molecular weight is 361 g/mol. The van der Waals surface area contributed by atoms with E-state index in [1.54, 1.807) is 13.1 Å². The fourth-order valence-electron chi connectivity index (χ4n) is 3.96. The molecule has 0 amide bonds. The summed E-state index contributed by atoms with van der Waals surface area (Å²) in [5.74, 6) is 1.92. The van der Waals surface area contributed by atoms with Gasteiger partial charge in [0, 0.05) is 18.9 Å². The van der Waals surface area contributed by atoms with E-state index in [1.807, 2.05) is 22.9 Å². The Morgan fingerprint density at radius 2 is 1.56 bits per heavy atom. The van der Waals surface area contributed by atoms with Crippen LogP contribution in [-0.4, -0.2) is 14.7 Å². The second-order valence-corrected chi connectivity index (χ2v) is 7.58. The van der Waals surface area contributed by atoms with Gasteiger partial charge in [0.05, 0.1) is 0 Å². The second-order valence-electron chi connectivity index (χ2n) is 7.58. The molecule has 3 aromatic rings. The Morgan fingerprint density at radius 3 is 2.07 bits per heavy atom. The third-order valence-electron chi connectivity index (χ3n) is 5.68. The van der Waals surface area contributed by atoms with Crippen molar-refractivity contribution in [2.75, 3.05) is 0 Å². The summed E-state index contributed by atoms with van der Waals surface area (Å²) in [6.07, 6.45) is 5.42. The zero-order valence-corrected chi connectivity index (χ0v) is 15.6. The molecule has 4 heteroatoms. The van der Waals surface area contributed by atoms with Crippen molar-refractivity contribution in [1.82, 2.24) is 9.55 Å². The molecular weight excluding hydrogens is 336 g/mol. The molecule has 0 aliphatic heterocycles. The van der Waals surface area contributed by atoms with E-state index in [2.05, 4.69) is 41.4 Å². The number of aliphatic hydroxyl groups is 1. The Labute approximate surface area is 160 Å². The minimum absolute atomic E-state index is 0.141. The zero-order valence-electron chi connectivity index (χ0n) is 15.6. The molecule has 140 valence electrons. The van der Waals surface area contributed by atoms with Crippen LogP contribution >= 0.6 is 0 Å². The van der Waals surface area contributed by atoms with Gasteiger partial charge in [0.15, 0.2) is 0 Å². The first-order valence-corrected chi connectivity index (χ1v) is 9.59. The first-order chi connectivity index (χ1) is 13.1. The zero-order chi connectivity index (χ0) is 18.8. The van der Waals surface area contributed by atoms with Gasteiger partial charge in [-0.1, -0.05) is 54.1 Å². The van der Waals surface area contributed by atoms with Gasteiger partial charge in [-0.3, -0.25) is 0 Å². The molecule has 4 nitrogen and oxygen atoms in total. The number of imidazole rings is 1. The summed E-state index contributed by atoms with van der Waals surface area (Å²) in [5, 5.41) is 20.7. The molecule has 1 atom stereocenters. The van der Waals surface area contributed by atoms with Crippen LogP contribution < -0.4 is 5.11 Å². The summed E-state index contributed by atoms with van der Waals surface area (Å²) in [4.78, 5) is 4.22. The monoisotopic (exact) mass is 361 g/mol. The topological polar surface area (TPSA) is 61.1 Å². The van der Waals surface area contributed by atoms with Crippen LogP contribution in [0.1, 0.15) is 65.8 Å². The van der Waals surface area contributed by atoms with Crippen LogP contribution in [0.15, 0.2) is 60.9 Å². The molecule has 1 fully saturated rings. The number of benzene rings is 2. The molecule has 1 saturated carbocycles. The minimum atomic E-state index is -0.561. The Morgan fingerprint density at radius 1 is 1.00 bits per heavy atom.